The zero-order chi connectivity index (χ0) is 24.9. The standard InChI is InChI=1S/C27H25BrFN3O3/c1-17-8-9-18(2)25(12-17)35-16-21-13-19(10-11-24(21)34-3)27(33)30-26-22(28)15-32(31-26)14-20-6-4-5-7-23(20)29/h4-13,15H,14,16H2,1-3H3,(H,30,31,33). The molecule has 0 aliphatic rings. The molecule has 8 heteroatoms. The van der Waals surface area contributed by atoms with Crippen molar-refractivity contribution in [1.29, 1.82) is 0 Å². The third-order valence-corrected chi connectivity index (χ3v) is 6.09. The minimum Gasteiger partial charge on any atom is -0.496 e. The highest BCUT2D eigenvalue weighted by atomic mass is 79.9. The number of nitrogens with zero attached hydrogens (tertiary/aromatic N) is 2. The van der Waals surface area contributed by atoms with Crippen LogP contribution in [0.25, 0.3) is 0 Å². The second-order valence-corrected chi connectivity index (χ2v) is 9.01. The van der Waals surface area contributed by atoms with E-state index in [1.54, 1.807) is 54.4 Å². The molecular weight excluding hydrogens is 513 g/mol. The van der Waals surface area contributed by atoms with Crippen LogP contribution >= 0.6 is 15.9 Å². The molecule has 4 rings (SSSR count). The van der Waals surface area contributed by atoms with E-state index in [2.05, 4.69) is 26.3 Å². The number of aryl methyl sites for hydroxylation is 2. The number of rotatable bonds is 8. The van der Waals surface area contributed by atoms with Crippen molar-refractivity contribution in [3.63, 3.8) is 0 Å². The van der Waals surface area contributed by atoms with Gasteiger partial charge < -0.3 is 14.8 Å². The van der Waals surface area contributed by atoms with E-state index >= 15 is 0 Å². The molecule has 6 nitrogen and oxygen atoms in total. The number of aromatic nitrogens is 2. The highest BCUT2D eigenvalue weighted by molar-refractivity contribution is 9.10. The van der Waals surface area contributed by atoms with Crippen LogP contribution in [0.5, 0.6) is 11.5 Å². The van der Waals surface area contributed by atoms with Crippen LogP contribution < -0.4 is 14.8 Å². The highest BCUT2D eigenvalue weighted by Crippen LogP contribution is 2.26. The molecular formula is C27H25BrFN3O3. The average Bonchev–Trinajstić information content (AvgIpc) is 3.19. The molecule has 0 saturated carbocycles. The fourth-order valence-electron chi connectivity index (χ4n) is 3.59. The molecule has 3 aromatic carbocycles. The van der Waals surface area contributed by atoms with Gasteiger partial charge in [-0.1, -0.05) is 30.3 Å². The fraction of sp³-hybridized carbons (Fsp3) is 0.185. The minimum absolute atomic E-state index is 0.240. The zero-order valence-corrected chi connectivity index (χ0v) is 21.2. The number of methoxy groups -OCH3 is 1. The number of anilines is 1. The van der Waals surface area contributed by atoms with Crippen LogP contribution in [0.2, 0.25) is 0 Å². The van der Waals surface area contributed by atoms with Crippen molar-refractivity contribution in [2.45, 2.75) is 27.0 Å². The minimum atomic E-state index is -0.336. The Balaban J connectivity index is 1.49. The van der Waals surface area contributed by atoms with Crippen molar-refractivity contribution in [3.8, 4) is 11.5 Å². The Bertz CT molecular complexity index is 1370. The maximum Gasteiger partial charge on any atom is 0.256 e. The first-order valence-electron chi connectivity index (χ1n) is 11.0. The Morgan fingerprint density at radius 1 is 1.06 bits per heavy atom. The van der Waals surface area contributed by atoms with Gasteiger partial charge in [0, 0.05) is 22.9 Å². The number of carbonyl (C=O) groups excluding carboxylic acids is 1. The molecule has 1 N–H and O–H groups in total. The van der Waals surface area contributed by atoms with Crippen LogP contribution in [0.3, 0.4) is 0 Å². The van der Waals surface area contributed by atoms with Crippen molar-refractivity contribution in [3.05, 3.63) is 105 Å². The lowest BCUT2D eigenvalue weighted by molar-refractivity contribution is 0.102. The zero-order valence-electron chi connectivity index (χ0n) is 19.6. The molecule has 0 fully saturated rings. The Morgan fingerprint density at radius 3 is 2.63 bits per heavy atom. The smallest absolute Gasteiger partial charge is 0.256 e. The summed E-state index contributed by atoms with van der Waals surface area (Å²) < 4.78 is 27.6. The second kappa shape index (κ2) is 10.7. The summed E-state index contributed by atoms with van der Waals surface area (Å²) in [5.74, 6) is 1.11. The van der Waals surface area contributed by atoms with Gasteiger partial charge in [0.15, 0.2) is 5.82 Å². The lowest BCUT2D eigenvalue weighted by Gasteiger charge is -2.14. The molecule has 35 heavy (non-hydrogen) atoms. The van der Waals surface area contributed by atoms with Gasteiger partial charge >= 0.3 is 0 Å². The molecule has 0 radical (unpaired) electrons. The first kappa shape index (κ1) is 24.5. The van der Waals surface area contributed by atoms with Gasteiger partial charge in [-0.3, -0.25) is 9.48 Å². The normalized spacial score (nSPS) is 10.8. The molecule has 0 saturated heterocycles. The molecule has 0 bridgehead atoms. The monoisotopic (exact) mass is 537 g/mol. The van der Waals surface area contributed by atoms with E-state index in [1.807, 2.05) is 32.0 Å². The van der Waals surface area contributed by atoms with Gasteiger partial charge in [0.2, 0.25) is 0 Å². The topological polar surface area (TPSA) is 65.4 Å². The second-order valence-electron chi connectivity index (χ2n) is 8.15. The van der Waals surface area contributed by atoms with E-state index in [9.17, 15) is 9.18 Å². The molecule has 0 aliphatic heterocycles. The molecule has 1 amide bonds. The summed E-state index contributed by atoms with van der Waals surface area (Å²) in [5, 5.41) is 7.19. The highest BCUT2D eigenvalue weighted by Gasteiger charge is 2.16. The number of amides is 1. The maximum absolute atomic E-state index is 14.0. The fourth-order valence-corrected chi connectivity index (χ4v) is 4.01. The van der Waals surface area contributed by atoms with Crippen LogP contribution in [0.4, 0.5) is 10.2 Å². The predicted molar refractivity (Wildman–Crippen MR) is 137 cm³/mol. The Hall–Kier alpha value is -3.65. The van der Waals surface area contributed by atoms with Crippen molar-refractivity contribution < 1.29 is 18.7 Å². The summed E-state index contributed by atoms with van der Waals surface area (Å²) >= 11 is 3.42. The van der Waals surface area contributed by atoms with Crippen molar-refractivity contribution in [2.75, 3.05) is 12.4 Å². The molecule has 0 atom stereocenters. The van der Waals surface area contributed by atoms with Gasteiger partial charge in [-0.2, -0.15) is 5.10 Å². The summed E-state index contributed by atoms with van der Waals surface area (Å²) in [6, 6.07) is 17.7. The third-order valence-electron chi connectivity index (χ3n) is 5.51. The van der Waals surface area contributed by atoms with E-state index in [0.29, 0.717) is 27.2 Å². The first-order valence-corrected chi connectivity index (χ1v) is 11.8. The SMILES string of the molecule is COc1ccc(C(=O)Nc2nn(Cc3ccccc3F)cc2Br)cc1COc1cc(C)ccc1C. The van der Waals surface area contributed by atoms with Gasteiger partial charge in [-0.15, -0.1) is 0 Å². The van der Waals surface area contributed by atoms with Crippen molar-refractivity contribution in [2.24, 2.45) is 0 Å². The van der Waals surface area contributed by atoms with E-state index in [0.717, 1.165) is 22.4 Å². The van der Waals surface area contributed by atoms with Crippen LogP contribution in [0.15, 0.2) is 71.3 Å². The lowest BCUT2D eigenvalue weighted by Crippen LogP contribution is -2.14. The number of hydrogen-bond acceptors (Lipinski definition) is 4. The van der Waals surface area contributed by atoms with E-state index in [-0.39, 0.29) is 24.9 Å². The molecule has 180 valence electrons. The number of benzene rings is 3. The van der Waals surface area contributed by atoms with E-state index < -0.39 is 0 Å². The van der Waals surface area contributed by atoms with Crippen LogP contribution in [-0.4, -0.2) is 22.8 Å². The van der Waals surface area contributed by atoms with Crippen LogP contribution in [-0.2, 0) is 13.2 Å². The molecule has 4 aromatic rings. The largest absolute Gasteiger partial charge is 0.496 e. The van der Waals surface area contributed by atoms with E-state index in [4.69, 9.17) is 9.47 Å². The quantitative estimate of drug-likeness (QED) is 0.287. The number of ether oxygens (including phenoxy) is 2. The summed E-state index contributed by atoms with van der Waals surface area (Å²) in [7, 11) is 1.58. The van der Waals surface area contributed by atoms with Crippen molar-refractivity contribution in [1.82, 2.24) is 9.78 Å². The number of halogens is 2. The molecule has 0 spiro atoms. The molecule has 1 heterocycles. The Morgan fingerprint density at radius 2 is 1.86 bits per heavy atom. The van der Waals surface area contributed by atoms with Crippen LogP contribution in [0.1, 0.15) is 32.6 Å². The van der Waals surface area contributed by atoms with Gasteiger partial charge in [-0.05, 0) is 71.2 Å². The summed E-state index contributed by atoms with van der Waals surface area (Å²) in [4.78, 5) is 13.0. The molecule has 0 aliphatic carbocycles. The summed E-state index contributed by atoms with van der Waals surface area (Å²) in [5.41, 5.74) is 3.81. The molecule has 1 aromatic heterocycles. The summed E-state index contributed by atoms with van der Waals surface area (Å²) in [6.07, 6.45) is 1.69. The van der Waals surface area contributed by atoms with Crippen molar-refractivity contribution >= 4 is 27.7 Å². The van der Waals surface area contributed by atoms with Gasteiger partial charge in [-0.25, -0.2) is 4.39 Å². The number of carbonyl (C=O) groups is 1. The first-order chi connectivity index (χ1) is 16.8. The van der Waals surface area contributed by atoms with E-state index in [1.165, 1.54) is 6.07 Å². The Labute approximate surface area is 211 Å². The average molecular weight is 538 g/mol. The maximum atomic E-state index is 14.0. The Kier molecular flexibility index (Phi) is 7.51. The lowest BCUT2D eigenvalue weighted by atomic mass is 10.1. The van der Waals surface area contributed by atoms with Gasteiger partial charge in [0.25, 0.3) is 5.91 Å². The number of nitrogens with one attached hydrogen (secondary N) is 1. The predicted octanol–water partition coefficient (Wildman–Crippen LogP) is 6.29. The molecule has 0 unspecified atom stereocenters. The van der Waals surface area contributed by atoms with Gasteiger partial charge in [0.1, 0.15) is 23.9 Å². The summed E-state index contributed by atoms with van der Waals surface area (Å²) in [6.45, 7) is 4.48. The number of hydrogen-bond donors (Lipinski definition) is 1. The van der Waals surface area contributed by atoms with Crippen LogP contribution in [0, 0.1) is 19.7 Å². The third kappa shape index (κ3) is 5.89. The van der Waals surface area contributed by atoms with Gasteiger partial charge in [0.05, 0.1) is 18.1 Å².